The van der Waals surface area contributed by atoms with Crippen molar-refractivity contribution in [2.24, 2.45) is 5.92 Å². The highest BCUT2D eigenvalue weighted by atomic mass is 32.2. The van der Waals surface area contributed by atoms with Crippen molar-refractivity contribution >= 4 is 63.0 Å². The van der Waals surface area contributed by atoms with Gasteiger partial charge in [-0.1, -0.05) is 83.3 Å². The largest absolute Gasteiger partial charge is 0.484 e. The lowest BCUT2D eigenvalue weighted by atomic mass is 9.83. The van der Waals surface area contributed by atoms with Crippen LogP contribution in [0, 0.1) is 12.8 Å². The minimum Gasteiger partial charge on any atom is -0.484 e. The standard InChI is InChI=1S/C33H25N3O5S2/c1-18-6-12-23(13-7-18)36-31(38)27-26(28-30(35-33(40)43-28)42-29(27)32(36)39)20-9-14-24(15-10-20)41-17-25(37)34-22-11-8-19-4-2-3-5-21(19)16-22/h2-16,26-27,29H,17H2,1H3,(H,34,37)(H,35,40). The molecule has 1 fully saturated rings. The Balaban J connectivity index is 1.10. The number of carbonyl (C=O) groups is 3. The third kappa shape index (κ3) is 5.02. The van der Waals surface area contributed by atoms with E-state index in [0.717, 1.165) is 38.1 Å². The molecule has 7 rings (SSSR count). The number of hydrogen-bond acceptors (Lipinski definition) is 7. The van der Waals surface area contributed by atoms with E-state index >= 15 is 0 Å². The lowest BCUT2D eigenvalue weighted by Crippen LogP contribution is -2.32. The SMILES string of the molecule is Cc1ccc(N2C(=O)C3Sc4[nH]c(=O)sc4C(c4ccc(OCC(=O)Nc5ccc6ccccc6c5)cc4)C3C2=O)cc1. The van der Waals surface area contributed by atoms with Crippen molar-refractivity contribution in [3.63, 3.8) is 0 Å². The first-order valence-corrected chi connectivity index (χ1v) is 15.4. The summed E-state index contributed by atoms with van der Waals surface area (Å²) in [6, 6.07) is 28.1. The Morgan fingerprint density at radius 1 is 0.907 bits per heavy atom. The summed E-state index contributed by atoms with van der Waals surface area (Å²) < 4.78 is 5.75. The average Bonchev–Trinajstić information content (AvgIpc) is 3.51. The molecule has 0 radical (unpaired) electrons. The van der Waals surface area contributed by atoms with Gasteiger partial charge >= 0.3 is 4.87 Å². The van der Waals surface area contributed by atoms with Crippen molar-refractivity contribution in [1.29, 1.82) is 0 Å². The number of fused-ring (bicyclic) bond motifs is 3. The summed E-state index contributed by atoms with van der Waals surface area (Å²) >= 11 is 2.32. The van der Waals surface area contributed by atoms with Crippen LogP contribution in [0.2, 0.25) is 0 Å². The van der Waals surface area contributed by atoms with Crippen molar-refractivity contribution < 1.29 is 19.1 Å². The van der Waals surface area contributed by atoms with E-state index in [-0.39, 0.29) is 29.2 Å². The van der Waals surface area contributed by atoms with Crippen molar-refractivity contribution in [2.75, 3.05) is 16.8 Å². The number of aromatic amines is 1. The Hall–Kier alpha value is -4.67. The number of nitrogens with zero attached hydrogens (tertiary/aromatic N) is 1. The second-order valence-electron chi connectivity index (χ2n) is 10.6. The van der Waals surface area contributed by atoms with Gasteiger partial charge in [0.05, 0.1) is 16.6 Å². The van der Waals surface area contributed by atoms with Crippen LogP contribution in [0.15, 0.2) is 101 Å². The first kappa shape index (κ1) is 27.2. The summed E-state index contributed by atoms with van der Waals surface area (Å²) in [4.78, 5) is 57.0. The highest BCUT2D eigenvalue weighted by molar-refractivity contribution is 8.00. The molecule has 3 unspecified atom stereocenters. The predicted molar refractivity (Wildman–Crippen MR) is 168 cm³/mol. The van der Waals surface area contributed by atoms with E-state index in [1.54, 1.807) is 24.3 Å². The van der Waals surface area contributed by atoms with Crippen LogP contribution < -0.4 is 19.8 Å². The molecule has 214 valence electrons. The smallest absolute Gasteiger partial charge is 0.305 e. The number of benzene rings is 4. The molecule has 0 spiro atoms. The molecular weight excluding hydrogens is 583 g/mol. The van der Waals surface area contributed by atoms with Gasteiger partial charge in [-0.3, -0.25) is 19.2 Å². The Morgan fingerprint density at radius 2 is 1.65 bits per heavy atom. The molecule has 5 aromatic rings. The zero-order valence-corrected chi connectivity index (χ0v) is 24.5. The second kappa shape index (κ2) is 10.9. The van der Waals surface area contributed by atoms with Crippen LogP contribution in [0.3, 0.4) is 0 Å². The maximum atomic E-state index is 13.8. The van der Waals surface area contributed by atoms with E-state index in [1.807, 2.05) is 73.7 Å². The molecule has 3 atom stereocenters. The summed E-state index contributed by atoms with van der Waals surface area (Å²) in [5.41, 5.74) is 3.04. The Morgan fingerprint density at radius 3 is 2.42 bits per heavy atom. The molecule has 0 aliphatic carbocycles. The number of aryl methyl sites for hydroxylation is 1. The molecule has 3 amide bonds. The van der Waals surface area contributed by atoms with Gasteiger partial charge in [0, 0.05) is 16.5 Å². The molecule has 43 heavy (non-hydrogen) atoms. The number of hydrogen-bond donors (Lipinski definition) is 2. The molecule has 2 aliphatic rings. The van der Waals surface area contributed by atoms with Crippen LogP contribution in [0.4, 0.5) is 11.4 Å². The fourth-order valence-electron chi connectivity index (χ4n) is 5.71. The lowest BCUT2D eigenvalue weighted by Gasteiger charge is -2.29. The third-order valence-corrected chi connectivity index (χ3v) is 10.2. The fourth-order valence-corrected chi connectivity index (χ4v) is 8.22. The van der Waals surface area contributed by atoms with Crippen LogP contribution in [0.1, 0.15) is 21.9 Å². The van der Waals surface area contributed by atoms with Gasteiger partial charge in [-0.15, -0.1) is 0 Å². The summed E-state index contributed by atoms with van der Waals surface area (Å²) in [5, 5.41) is 4.94. The van der Waals surface area contributed by atoms with Crippen molar-refractivity contribution in [3.8, 4) is 5.75 Å². The molecular formula is C33H25N3O5S2. The maximum Gasteiger partial charge on any atom is 0.305 e. The first-order chi connectivity index (χ1) is 20.9. The number of rotatable bonds is 6. The van der Waals surface area contributed by atoms with E-state index < -0.39 is 17.1 Å². The number of nitrogens with one attached hydrogen (secondary N) is 2. The molecule has 1 saturated heterocycles. The average molecular weight is 608 g/mol. The number of thiazole rings is 1. The molecule has 2 aliphatic heterocycles. The number of imide groups is 1. The van der Waals surface area contributed by atoms with Gasteiger partial charge in [0.1, 0.15) is 11.0 Å². The van der Waals surface area contributed by atoms with Crippen LogP contribution in [0.5, 0.6) is 5.75 Å². The zero-order chi connectivity index (χ0) is 29.7. The number of anilines is 2. The van der Waals surface area contributed by atoms with Gasteiger partial charge in [-0.05, 0) is 59.7 Å². The Kier molecular flexibility index (Phi) is 6.87. The number of ether oxygens (including phenoxy) is 1. The highest BCUT2D eigenvalue weighted by Gasteiger charge is 2.56. The van der Waals surface area contributed by atoms with Gasteiger partial charge in [0.2, 0.25) is 11.8 Å². The van der Waals surface area contributed by atoms with E-state index in [4.69, 9.17) is 4.74 Å². The predicted octanol–water partition coefficient (Wildman–Crippen LogP) is 5.71. The summed E-state index contributed by atoms with van der Waals surface area (Å²) in [6.45, 7) is 1.77. The molecule has 8 nitrogen and oxygen atoms in total. The van der Waals surface area contributed by atoms with Crippen molar-refractivity contribution in [1.82, 2.24) is 4.98 Å². The van der Waals surface area contributed by atoms with Gasteiger partial charge < -0.3 is 15.0 Å². The summed E-state index contributed by atoms with van der Waals surface area (Å²) in [5.74, 6) is -1.53. The number of aromatic nitrogens is 1. The molecule has 10 heteroatoms. The van der Waals surface area contributed by atoms with Gasteiger partial charge in [-0.2, -0.15) is 0 Å². The molecule has 4 aromatic carbocycles. The summed E-state index contributed by atoms with van der Waals surface area (Å²) in [7, 11) is 0. The Bertz CT molecular complexity index is 1950. The minimum atomic E-state index is -0.669. The molecule has 0 bridgehead atoms. The van der Waals surface area contributed by atoms with E-state index in [0.29, 0.717) is 22.2 Å². The summed E-state index contributed by atoms with van der Waals surface area (Å²) in [6.07, 6.45) is 0. The molecule has 1 aromatic heterocycles. The van der Waals surface area contributed by atoms with Gasteiger partial charge in [-0.25, -0.2) is 4.90 Å². The minimum absolute atomic E-state index is 0.182. The van der Waals surface area contributed by atoms with Gasteiger partial charge in [0.15, 0.2) is 6.61 Å². The van der Waals surface area contributed by atoms with Crippen LogP contribution in [0.25, 0.3) is 10.8 Å². The van der Waals surface area contributed by atoms with E-state index in [2.05, 4.69) is 10.3 Å². The van der Waals surface area contributed by atoms with Gasteiger partial charge in [0.25, 0.3) is 5.91 Å². The molecule has 2 N–H and O–H groups in total. The van der Waals surface area contributed by atoms with Crippen LogP contribution in [-0.2, 0) is 14.4 Å². The highest BCUT2D eigenvalue weighted by Crippen LogP contribution is 2.53. The lowest BCUT2D eigenvalue weighted by molar-refractivity contribution is -0.122. The number of thioether (sulfide) groups is 1. The number of amides is 3. The van der Waals surface area contributed by atoms with Crippen molar-refractivity contribution in [2.45, 2.75) is 23.1 Å². The Labute approximate surface area is 254 Å². The van der Waals surface area contributed by atoms with Crippen molar-refractivity contribution in [3.05, 3.63) is 117 Å². The maximum absolute atomic E-state index is 13.8. The molecule has 0 saturated carbocycles. The quantitative estimate of drug-likeness (QED) is 0.240. The fraction of sp³-hybridized carbons (Fsp3) is 0.152. The van der Waals surface area contributed by atoms with Crippen LogP contribution in [-0.4, -0.2) is 34.6 Å². The van der Waals surface area contributed by atoms with E-state index in [9.17, 15) is 19.2 Å². The monoisotopic (exact) mass is 607 g/mol. The first-order valence-electron chi connectivity index (χ1n) is 13.7. The normalized spacial score (nSPS) is 19.3. The zero-order valence-electron chi connectivity index (χ0n) is 22.9. The molecule has 3 heterocycles. The van der Waals surface area contributed by atoms with E-state index in [1.165, 1.54) is 16.7 Å². The third-order valence-electron chi connectivity index (χ3n) is 7.76. The van der Waals surface area contributed by atoms with Crippen LogP contribution >= 0.6 is 23.1 Å². The second-order valence-corrected chi connectivity index (χ2v) is 12.7. The number of H-pyrrole nitrogens is 1. The number of carbonyl (C=O) groups excluding carboxylic acids is 3. The topological polar surface area (TPSA) is 109 Å².